The summed E-state index contributed by atoms with van der Waals surface area (Å²) in [6, 6.07) is 12.8. The molecule has 4 aromatic carbocycles. The molecule has 0 N–H and O–H groups in total. The van der Waals surface area contributed by atoms with E-state index in [4.69, 9.17) is 4.74 Å². The summed E-state index contributed by atoms with van der Waals surface area (Å²) in [5.41, 5.74) is -0.0539. The van der Waals surface area contributed by atoms with Crippen LogP contribution in [0.5, 0.6) is 5.75 Å². The lowest BCUT2D eigenvalue weighted by Crippen LogP contribution is -1.95. The first-order valence-corrected chi connectivity index (χ1v) is 10.8. The maximum Gasteiger partial charge on any atom is 0.166 e. The zero-order chi connectivity index (χ0) is 25.7. The van der Waals surface area contributed by atoms with Crippen molar-refractivity contribution in [3.05, 3.63) is 124 Å². The van der Waals surface area contributed by atoms with Gasteiger partial charge in [0, 0.05) is 22.6 Å². The summed E-state index contributed by atoms with van der Waals surface area (Å²) in [6.45, 7) is 2.14. The normalized spacial score (nSPS) is 10.6. The summed E-state index contributed by atoms with van der Waals surface area (Å²) < 4.78 is 76.0. The monoisotopic (exact) mass is 488 g/mol. The van der Waals surface area contributed by atoms with Crippen molar-refractivity contribution in [3.63, 3.8) is 0 Å². The molecule has 4 rings (SSSR count). The minimum atomic E-state index is -0.977. The van der Waals surface area contributed by atoms with Gasteiger partial charge < -0.3 is 4.74 Å². The summed E-state index contributed by atoms with van der Waals surface area (Å²) in [4.78, 5) is 0. The smallest absolute Gasteiger partial charge is 0.166 e. The van der Waals surface area contributed by atoms with E-state index in [0.29, 0.717) is 23.3 Å². The molecule has 1 nitrogen and oxygen atoms in total. The number of rotatable bonds is 3. The maximum absolute atomic E-state index is 14.6. The molecule has 0 aliphatic heterocycles. The van der Waals surface area contributed by atoms with Crippen molar-refractivity contribution in [2.24, 2.45) is 0 Å². The topological polar surface area (TPSA) is 9.23 Å². The number of ether oxygens (including phenoxy) is 1. The molecule has 0 saturated carbocycles. The highest BCUT2D eigenvalue weighted by atomic mass is 19.2. The van der Waals surface area contributed by atoms with Gasteiger partial charge in [0.1, 0.15) is 29.8 Å². The van der Waals surface area contributed by atoms with Crippen molar-refractivity contribution >= 4 is 10.8 Å². The Hall–Kier alpha value is -4.55. The Balaban J connectivity index is 1.56. The van der Waals surface area contributed by atoms with Crippen LogP contribution in [0.15, 0.2) is 72.8 Å². The molecule has 178 valence electrons. The molecule has 0 fully saturated rings. The number of benzene rings is 4. The fourth-order valence-electron chi connectivity index (χ4n) is 3.31. The van der Waals surface area contributed by atoms with E-state index < -0.39 is 34.6 Å². The standard InChI is InChI=1S/C30H17F5O/c1-2-3-14-36-23-10-8-21(27(32)18-23)7-4-20-16-28(33)25(29(34)17-20)12-6-19-5-11-24-22(15-19)9-13-26(31)30(24)35/h2-3,5,8-11,13,15-18H,14H2,1H3/b3-2+. The molecular weight excluding hydrogens is 471 g/mol. The van der Waals surface area contributed by atoms with E-state index in [9.17, 15) is 22.0 Å². The molecule has 36 heavy (non-hydrogen) atoms. The molecule has 0 saturated heterocycles. The molecule has 0 radical (unpaired) electrons. The molecular formula is C30H17F5O. The average molecular weight is 488 g/mol. The molecule has 0 atom stereocenters. The van der Waals surface area contributed by atoms with Gasteiger partial charge in [-0.3, -0.25) is 0 Å². The average Bonchev–Trinajstić information content (AvgIpc) is 2.85. The van der Waals surface area contributed by atoms with Crippen LogP contribution in [0.2, 0.25) is 0 Å². The van der Waals surface area contributed by atoms with Gasteiger partial charge in [-0.25, -0.2) is 22.0 Å². The van der Waals surface area contributed by atoms with E-state index in [-0.39, 0.29) is 16.5 Å². The minimum Gasteiger partial charge on any atom is -0.489 e. The van der Waals surface area contributed by atoms with Crippen molar-refractivity contribution in [2.75, 3.05) is 6.61 Å². The van der Waals surface area contributed by atoms with Gasteiger partial charge >= 0.3 is 0 Å². The molecule has 0 bridgehead atoms. The highest BCUT2D eigenvalue weighted by Gasteiger charge is 2.10. The first kappa shape index (κ1) is 24.6. The van der Waals surface area contributed by atoms with Gasteiger partial charge in [0.05, 0.1) is 11.1 Å². The van der Waals surface area contributed by atoms with Crippen LogP contribution in [0.1, 0.15) is 29.2 Å². The number of hydrogen-bond acceptors (Lipinski definition) is 1. The molecule has 0 amide bonds. The predicted octanol–water partition coefficient (Wildman–Crippen LogP) is 7.29. The molecule has 4 aromatic rings. The van der Waals surface area contributed by atoms with Gasteiger partial charge in [0.15, 0.2) is 11.6 Å². The third-order valence-electron chi connectivity index (χ3n) is 5.14. The Labute approximate surface area is 204 Å². The van der Waals surface area contributed by atoms with Crippen LogP contribution in [0.25, 0.3) is 10.8 Å². The van der Waals surface area contributed by atoms with Crippen LogP contribution in [-0.2, 0) is 0 Å². The summed E-state index contributed by atoms with van der Waals surface area (Å²) in [5, 5.41) is 0.477. The highest BCUT2D eigenvalue weighted by Crippen LogP contribution is 2.22. The lowest BCUT2D eigenvalue weighted by Gasteiger charge is -2.04. The quantitative estimate of drug-likeness (QED) is 0.167. The lowest BCUT2D eigenvalue weighted by molar-refractivity contribution is 0.360. The van der Waals surface area contributed by atoms with Crippen molar-refractivity contribution in [3.8, 4) is 29.4 Å². The first-order valence-electron chi connectivity index (χ1n) is 10.8. The van der Waals surface area contributed by atoms with Crippen LogP contribution in [0.4, 0.5) is 22.0 Å². The Bertz CT molecular complexity index is 1590. The third-order valence-corrected chi connectivity index (χ3v) is 5.14. The van der Waals surface area contributed by atoms with Gasteiger partial charge in [-0.2, -0.15) is 0 Å². The van der Waals surface area contributed by atoms with Crippen LogP contribution in [0.3, 0.4) is 0 Å². The van der Waals surface area contributed by atoms with E-state index in [0.717, 1.165) is 18.2 Å². The van der Waals surface area contributed by atoms with E-state index in [1.54, 1.807) is 18.2 Å². The first-order chi connectivity index (χ1) is 17.4. The fraction of sp³-hybridized carbons (Fsp3) is 0.0667. The largest absolute Gasteiger partial charge is 0.489 e. The molecule has 0 spiro atoms. The van der Waals surface area contributed by atoms with Crippen LogP contribution in [0, 0.1) is 52.8 Å². The molecule has 0 aliphatic carbocycles. The molecule has 6 heteroatoms. The zero-order valence-electron chi connectivity index (χ0n) is 18.9. The van der Waals surface area contributed by atoms with Gasteiger partial charge in [-0.05, 0) is 54.8 Å². The highest BCUT2D eigenvalue weighted by molar-refractivity contribution is 5.84. The predicted molar refractivity (Wildman–Crippen MR) is 129 cm³/mol. The number of hydrogen-bond donors (Lipinski definition) is 0. The minimum absolute atomic E-state index is 0.00608. The Morgan fingerprint density at radius 3 is 2.17 bits per heavy atom. The Morgan fingerprint density at radius 1 is 0.694 bits per heavy atom. The maximum atomic E-state index is 14.6. The van der Waals surface area contributed by atoms with Crippen molar-refractivity contribution in [1.82, 2.24) is 0 Å². The van der Waals surface area contributed by atoms with Gasteiger partial charge in [-0.15, -0.1) is 0 Å². The van der Waals surface area contributed by atoms with Crippen molar-refractivity contribution in [1.29, 1.82) is 0 Å². The van der Waals surface area contributed by atoms with Gasteiger partial charge in [0.25, 0.3) is 0 Å². The summed E-state index contributed by atoms with van der Waals surface area (Å²) >= 11 is 0. The molecule has 0 heterocycles. The van der Waals surface area contributed by atoms with E-state index in [2.05, 4.69) is 23.7 Å². The number of fused-ring (bicyclic) bond motifs is 1. The van der Waals surface area contributed by atoms with E-state index >= 15 is 0 Å². The second kappa shape index (κ2) is 10.8. The van der Waals surface area contributed by atoms with E-state index in [1.807, 2.05) is 6.92 Å². The van der Waals surface area contributed by atoms with Crippen LogP contribution >= 0.6 is 0 Å². The third kappa shape index (κ3) is 5.56. The summed E-state index contributed by atoms with van der Waals surface area (Å²) in [7, 11) is 0. The van der Waals surface area contributed by atoms with Crippen molar-refractivity contribution in [2.45, 2.75) is 6.92 Å². The SMILES string of the molecule is C/C=C/COc1ccc(C#Cc2cc(F)c(C#Cc3ccc4c(F)c(F)ccc4c3)c(F)c2)c(F)c1. The molecule has 0 aromatic heterocycles. The van der Waals surface area contributed by atoms with Gasteiger partial charge in [-0.1, -0.05) is 48.0 Å². The van der Waals surface area contributed by atoms with E-state index in [1.165, 1.54) is 36.4 Å². The molecule has 0 unspecified atom stereocenters. The Morgan fingerprint density at radius 2 is 1.44 bits per heavy atom. The summed E-state index contributed by atoms with van der Waals surface area (Å²) in [6.07, 6.45) is 3.58. The zero-order valence-corrected chi connectivity index (χ0v) is 18.9. The van der Waals surface area contributed by atoms with Crippen molar-refractivity contribution < 1.29 is 26.7 Å². The second-order valence-electron chi connectivity index (χ2n) is 7.63. The summed E-state index contributed by atoms with van der Waals surface area (Å²) in [5.74, 6) is 6.06. The van der Waals surface area contributed by atoms with Crippen LogP contribution < -0.4 is 4.74 Å². The van der Waals surface area contributed by atoms with Crippen LogP contribution in [-0.4, -0.2) is 6.61 Å². The number of allylic oxidation sites excluding steroid dienone is 1. The second-order valence-corrected chi connectivity index (χ2v) is 7.63. The molecule has 0 aliphatic rings. The fourth-order valence-corrected chi connectivity index (χ4v) is 3.31. The lowest BCUT2D eigenvalue weighted by atomic mass is 10.1. The van der Waals surface area contributed by atoms with Gasteiger partial charge in [0.2, 0.25) is 0 Å². The number of halogens is 5. The Kier molecular flexibility index (Phi) is 7.37.